The number of nitrogens with zero attached hydrogens (tertiary/aromatic N) is 1. The summed E-state index contributed by atoms with van der Waals surface area (Å²) in [5.41, 5.74) is 7.59. The Kier molecular flexibility index (Phi) is 4.60. The van der Waals surface area contributed by atoms with Crippen molar-refractivity contribution < 1.29 is 0 Å². The molecule has 2 nitrogen and oxygen atoms in total. The Morgan fingerprint density at radius 3 is 2.76 bits per heavy atom. The molecular weight excluding hydrogens is 228 g/mol. The molecule has 1 aliphatic carbocycles. The summed E-state index contributed by atoms with van der Waals surface area (Å²) in [5, 5.41) is 4.43. The molecule has 1 saturated carbocycles. The Balaban J connectivity index is 1.81. The van der Waals surface area contributed by atoms with Crippen molar-refractivity contribution in [2.75, 3.05) is 6.54 Å². The molecule has 3 heteroatoms. The molecule has 0 aromatic carbocycles. The molecule has 0 saturated heterocycles. The van der Waals surface area contributed by atoms with Crippen LogP contribution in [0.1, 0.15) is 38.7 Å². The fourth-order valence-corrected chi connectivity index (χ4v) is 2.76. The number of thiophene rings is 1. The zero-order chi connectivity index (χ0) is 12.3. The lowest BCUT2D eigenvalue weighted by Gasteiger charge is -2.24. The van der Waals surface area contributed by atoms with Gasteiger partial charge in [-0.15, -0.1) is 0 Å². The van der Waals surface area contributed by atoms with Crippen molar-refractivity contribution in [2.45, 2.75) is 51.7 Å². The van der Waals surface area contributed by atoms with E-state index in [1.54, 1.807) is 11.3 Å². The maximum absolute atomic E-state index is 6.13. The van der Waals surface area contributed by atoms with Crippen molar-refractivity contribution >= 4 is 11.3 Å². The highest BCUT2D eigenvalue weighted by molar-refractivity contribution is 7.07. The van der Waals surface area contributed by atoms with Crippen LogP contribution in [0.4, 0.5) is 0 Å². The lowest BCUT2D eigenvalue weighted by molar-refractivity contribution is 0.237. The number of rotatable bonds is 7. The van der Waals surface area contributed by atoms with Crippen LogP contribution in [0.3, 0.4) is 0 Å². The van der Waals surface area contributed by atoms with Crippen molar-refractivity contribution in [1.82, 2.24) is 4.90 Å². The standard InChI is InChI=1S/C14H24N2S/c1-11(2)14(15)5-7-16(13-3-4-13)9-12-6-8-17-10-12/h6,8,10-11,13-14H,3-5,7,9,15H2,1-2H3. The van der Waals surface area contributed by atoms with Gasteiger partial charge in [-0.1, -0.05) is 13.8 Å². The Labute approximate surface area is 109 Å². The molecule has 1 aliphatic rings. The molecule has 1 atom stereocenters. The second kappa shape index (κ2) is 5.98. The molecule has 17 heavy (non-hydrogen) atoms. The van der Waals surface area contributed by atoms with E-state index >= 15 is 0 Å². The summed E-state index contributed by atoms with van der Waals surface area (Å²) in [6, 6.07) is 3.41. The van der Waals surface area contributed by atoms with Gasteiger partial charge in [0, 0.05) is 25.2 Å². The van der Waals surface area contributed by atoms with Gasteiger partial charge in [0.1, 0.15) is 0 Å². The van der Waals surface area contributed by atoms with Crippen molar-refractivity contribution in [3.8, 4) is 0 Å². The lowest BCUT2D eigenvalue weighted by Crippen LogP contribution is -2.34. The zero-order valence-electron chi connectivity index (χ0n) is 10.9. The summed E-state index contributed by atoms with van der Waals surface area (Å²) in [6.45, 7) is 6.69. The molecule has 1 heterocycles. The maximum atomic E-state index is 6.13. The van der Waals surface area contributed by atoms with E-state index in [2.05, 4.69) is 35.6 Å². The van der Waals surface area contributed by atoms with Crippen LogP contribution in [0.2, 0.25) is 0 Å². The minimum Gasteiger partial charge on any atom is -0.327 e. The molecule has 0 amide bonds. The SMILES string of the molecule is CC(C)C(N)CCN(Cc1ccsc1)C1CC1. The molecule has 2 rings (SSSR count). The van der Waals surface area contributed by atoms with Crippen LogP contribution in [-0.4, -0.2) is 23.5 Å². The Hall–Kier alpha value is -0.380. The summed E-state index contributed by atoms with van der Waals surface area (Å²) in [5.74, 6) is 0.595. The predicted molar refractivity (Wildman–Crippen MR) is 75.2 cm³/mol. The maximum Gasteiger partial charge on any atom is 0.0244 e. The Morgan fingerprint density at radius 2 is 2.24 bits per heavy atom. The van der Waals surface area contributed by atoms with Crippen LogP contribution in [-0.2, 0) is 6.54 Å². The van der Waals surface area contributed by atoms with E-state index in [1.165, 1.54) is 18.4 Å². The van der Waals surface area contributed by atoms with E-state index in [4.69, 9.17) is 5.73 Å². The molecule has 1 fully saturated rings. The first kappa shape index (κ1) is 13.1. The summed E-state index contributed by atoms with van der Waals surface area (Å²) in [6.07, 6.45) is 3.88. The molecule has 1 unspecified atom stereocenters. The largest absolute Gasteiger partial charge is 0.327 e. The lowest BCUT2D eigenvalue weighted by atomic mass is 10.0. The van der Waals surface area contributed by atoms with Crippen LogP contribution < -0.4 is 5.73 Å². The van der Waals surface area contributed by atoms with Gasteiger partial charge in [-0.2, -0.15) is 11.3 Å². The average molecular weight is 252 g/mol. The van der Waals surface area contributed by atoms with Gasteiger partial charge in [0.2, 0.25) is 0 Å². The van der Waals surface area contributed by atoms with E-state index in [9.17, 15) is 0 Å². The first-order valence-corrected chi connectivity index (χ1v) is 7.62. The fourth-order valence-electron chi connectivity index (χ4n) is 2.10. The van der Waals surface area contributed by atoms with Gasteiger partial charge in [-0.3, -0.25) is 4.90 Å². The summed E-state index contributed by atoms with van der Waals surface area (Å²) >= 11 is 1.79. The highest BCUT2D eigenvalue weighted by Crippen LogP contribution is 2.29. The zero-order valence-corrected chi connectivity index (χ0v) is 11.7. The molecule has 1 aromatic heterocycles. The second-order valence-electron chi connectivity index (χ2n) is 5.53. The van der Waals surface area contributed by atoms with Gasteiger partial charge < -0.3 is 5.73 Å². The molecule has 96 valence electrons. The second-order valence-corrected chi connectivity index (χ2v) is 6.31. The number of hydrogen-bond donors (Lipinski definition) is 1. The number of hydrogen-bond acceptors (Lipinski definition) is 3. The highest BCUT2D eigenvalue weighted by atomic mass is 32.1. The first-order chi connectivity index (χ1) is 8.16. The monoisotopic (exact) mass is 252 g/mol. The smallest absolute Gasteiger partial charge is 0.0244 e. The van der Waals surface area contributed by atoms with E-state index in [0.717, 1.165) is 25.6 Å². The van der Waals surface area contributed by atoms with Gasteiger partial charge in [-0.05, 0) is 47.6 Å². The van der Waals surface area contributed by atoms with Gasteiger partial charge in [-0.25, -0.2) is 0 Å². The van der Waals surface area contributed by atoms with Gasteiger partial charge in [0.05, 0.1) is 0 Å². The fraction of sp³-hybridized carbons (Fsp3) is 0.714. The van der Waals surface area contributed by atoms with E-state index < -0.39 is 0 Å². The van der Waals surface area contributed by atoms with Crippen LogP contribution in [0.15, 0.2) is 16.8 Å². The van der Waals surface area contributed by atoms with E-state index in [1.807, 2.05) is 0 Å². The molecule has 2 N–H and O–H groups in total. The molecule has 0 spiro atoms. The van der Waals surface area contributed by atoms with Crippen LogP contribution in [0, 0.1) is 5.92 Å². The first-order valence-electron chi connectivity index (χ1n) is 6.67. The van der Waals surface area contributed by atoms with Gasteiger partial charge in [0.25, 0.3) is 0 Å². The van der Waals surface area contributed by atoms with Gasteiger partial charge >= 0.3 is 0 Å². The molecule has 0 bridgehead atoms. The normalized spacial score (nSPS) is 17.9. The summed E-state index contributed by atoms with van der Waals surface area (Å²) in [7, 11) is 0. The third kappa shape index (κ3) is 4.09. The molecular formula is C14H24N2S. The van der Waals surface area contributed by atoms with Crippen LogP contribution >= 0.6 is 11.3 Å². The minimum atomic E-state index is 0.346. The quantitative estimate of drug-likeness (QED) is 0.808. The summed E-state index contributed by atoms with van der Waals surface area (Å²) in [4.78, 5) is 2.62. The predicted octanol–water partition coefficient (Wildman–Crippen LogP) is 3.09. The van der Waals surface area contributed by atoms with Crippen molar-refractivity contribution in [3.63, 3.8) is 0 Å². The Morgan fingerprint density at radius 1 is 1.47 bits per heavy atom. The van der Waals surface area contributed by atoms with E-state index in [0.29, 0.717) is 12.0 Å². The third-order valence-electron chi connectivity index (χ3n) is 3.63. The average Bonchev–Trinajstić information content (AvgIpc) is 3.02. The highest BCUT2D eigenvalue weighted by Gasteiger charge is 2.29. The van der Waals surface area contributed by atoms with Crippen molar-refractivity contribution in [3.05, 3.63) is 22.4 Å². The third-order valence-corrected chi connectivity index (χ3v) is 4.37. The minimum absolute atomic E-state index is 0.346. The van der Waals surface area contributed by atoms with Crippen molar-refractivity contribution in [1.29, 1.82) is 0 Å². The van der Waals surface area contributed by atoms with Gasteiger partial charge in [0.15, 0.2) is 0 Å². The van der Waals surface area contributed by atoms with Crippen LogP contribution in [0.5, 0.6) is 0 Å². The topological polar surface area (TPSA) is 29.3 Å². The Bertz CT molecular complexity index is 317. The van der Waals surface area contributed by atoms with E-state index in [-0.39, 0.29) is 0 Å². The van der Waals surface area contributed by atoms with Crippen molar-refractivity contribution in [2.24, 2.45) is 11.7 Å². The van der Waals surface area contributed by atoms with Crippen LogP contribution in [0.25, 0.3) is 0 Å². The molecule has 0 aliphatic heterocycles. The number of nitrogens with two attached hydrogens (primary N) is 1. The summed E-state index contributed by atoms with van der Waals surface area (Å²) < 4.78 is 0. The molecule has 0 radical (unpaired) electrons. The molecule has 1 aromatic rings.